The largest absolute Gasteiger partial charge is 0.489 e. The Morgan fingerprint density at radius 2 is 1.38 bits per heavy atom. The van der Waals surface area contributed by atoms with E-state index in [2.05, 4.69) is 71.0 Å². The molecular formula is C31H41NO2. The summed E-state index contributed by atoms with van der Waals surface area (Å²) in [5, 5.41) is 0. The number of amides is 1. The van der Waals surface area contributed by atoms with Crippen molar-refractivity contribution >= 4 is 5.91 Å². The van der Waals surface area contributed by atoms with Crippen LogP contribution in [-0.4, -0.2) is 22.9 Å². The lowest BCUT2D eigenvalue weighted by atomic mass is 9.86. The second-order valence-electron chi connectivity index (χ2n) is 8.97. The maximum absolute atomic E-state index is 13.4. The van der Waals surface area contributed by atoms with Crippen LogP contribution in [0.4, 0.5) is 0 Å². The lowest BCUT2D eigenvalue weighted by Crippen LogP contribution is -2.42. The highest BCUT2D eigenvalue weighted by Crippen LogP contribution is 2.36. The lowest BCUT2D eigenvalue weighted by Gasteiger charge is -2.32. The summed E-state index contributed by atoms with van der Waals surface area (Å²) in [6.07, 6.45) is 0.408. The topological polar surface area (TPSA) is 29.5 Å². The van der Waals surface area contributed by atoms with Crippen molar-refractivity contribution in [2.45, 2.75) is 79.5 Å². The minimum absolute atomic E-state index is 0.0747. The molecule has 0 heterocycles. The fraction of sp³-hybridized carbons (Fsp3) is 0.387. The molecule has 1 amide bonds. The van der Waals surface area contributed by atoms with E-state index in [0.29, 0.717) is 13.0 Å². The van der Waals surface area contributed by atoms with Gasteiger partial charge in [0.2, 0.25) is 5.91 Å². The fourth-order valence-corrected chi connectivity index (χ4v) is 4.35. The summed E-state index contributed by atoms with van der Waals surface area (Å²) in [5.74, 6) is 0.926. The molecule has 3 aromatic carbocycles. The molecule has 34 heavy (non-hydrogen) atoms. The Hall–Kier alpha value is -3.07. The van der Waals surface area contributed by atoms with Crippen LogP contribution in [-0.2, 0) is 11.4 Å². The van der Waals surface area contributed by atoms with Crippen molar-refractivity contribution in [2.75, 3.05) is 0 Å². The Balaban J connectivity index is 0.00000199. The van der Waals surface area contributed by atoms with Crippen LogP contribution in [0.2, 0.25) is 0 Å². The zero-order chi connectivity index (χ0) is 25.1. The molecule has 182 valence electrons. The first-order valence-electron chi connectivity index (χ1n) is 12.5. The van der Waals surface area contributed by atoms with E-state index in [4.69, 9.17) is 4.74 Å². The summed E-state index contributed by atoms with van der Waals surface area (Å²) in [7, 11) is 0. The molecule has 0 saturated heterocycles. The molecule has 3 nitrogen and oxygen atoms in total. The van der Waals surface area contributed by atoms with Crippen molar-refractivity contribution in [3.8, 4) is 5.75 Å². The Morgan fingerprint density at radius 3 is 1.94 bits per heavy atom. The summed E-state index contributed by atoms with van der Waals surface area (Å²) in [6, 6.07) is 27.1. The highest BCUT2D eigenvalue weighted by Gasteiger charge is 2.27. The summed E-state index contributed by atoms with van der Waals surface area (Å²) in [4.78, 5) is 15.4. The number of ether oxygens (including phenoxy) is 1. The van der Waals surface area contributed by atoms with Crippen molar-refractivity contribution < 1.29 is 9.53 Å². The van der Waals surface area contributed by atoms with Gasteiger partial charge < -0.3 is 9.64 Å². The zero-order valence-electron chi connectivity index (χ0n) is 21.9. The van der Waals surface area contributed by atoms with Gasteiger partial charge in [-0.15, -0.1) is 0 Å². The molecule has 3 aromatic rings. The Bertz CT molecular complexity index is 988. The number of hydrogen-bond donors (Lipinski definition) is 0. The smallest absolute Gasteiger partial charge is 0.223 e. The molecule has 0 aliphatic rings. The number of hydrogen-bond acceptors (Lipinski definition) is 2. The molecule has 1 atom stereocenters. The number of benzene rings is 3. The molecule has 0 unspecified atom stereocenters. The maximum atomic E-state index is 13.4. The second-order valence-corrected chi connectivity index (χ2v) is 8.97. The van der Waals surface area contributed by atoms with E-state index in [1.54, 1.807) is 0 Å². The summed E-state index contributed by atoms with van der Waals surface area (Å²) in [5.41, 5.74) is 4.47. The van der Waals surface area contributed by atoms with Crippen molar-refractivity contribution in [1.82, 2.24) is 4.90 Å². The van der Waals surface area contributed by atoms with E-state index in [-0.39, 0.29) is 23.9 Å². The van der Waals surface area contributed by atoms with E-state index >= 15 is 0 Å². The van der Waals surface area contributed by atoms with Crippen LogP contribution in [0, 0.1) is 6.92 Å². The SMILES string of the molecule is CC.Cc1ccc(OCc2ccccc2)c([C@H](CC(=O)N(C(C)C)C(C)C)c2ccccc2)c1. The van der Waals surface area contributed by atoms with Crippen LogP contribution >= 0.6 is 0 Å². The van der Waals surface area contributed by atoms with E-state index < -0.39 is 0 Å². The fourth-order valence-electron chi connectivity index (χ4n) is 4.35. The van der Waals surface area contributed by atoms with Gasteiger partial charge in [0.1, 0.15) is 12.4 Å². The van der Waals surface area contributed by atoms with Gasteiger partial charge in [-0.3, -0.25) is 4.79 Å². The third-order valence-electron chi connectivity index (χ3n) is 5.76. The molecule has 0 fully saturated rings. The van der Waals surface area contributed by atoms with E-state index in [9.17, 15) is 4.79 Å². The van der Waals surface area contributed by atoms with Gasteiger partial charge in [-0.1, -0.05) is 92.2 Å². The van der Waals surface area contributed by atoms with Crippen LogP contribution in [0.1, 0.15) is 76.1 Å². The first kappa shape index (κ1) is 27.2. The molecule has 0 radical (unpaired) electrons. The van der Waals surface area contributed by atoms with Gasteiger partial charge in [0, 0.05) is 30.0 Å². The Morgan fingerprint density at radius 1 is 0.824 bits per heavy atom. The van der Waals surface area contributed by atoms with Gasteiger partial charge >= 0.3 is 0 Å². The lowest BCUT2D eigenvalue weighted by molar-refractivity contribution is -0.135. The molecule has 0 saturated carbocycles. The predicted molar refractivity (Wildman–Crippen MR) is 143 cm³/mol. The standard InChI is InChI=1S/C29H35NO2.C2H6/c1-21(2)30(22(3)4)29(31)19-26(25-14-10-7-11-15-25)27-18-23(5)16-17-28(27)32-20-24-12-8-6-9-13-24;1-2/h6-18,21-22,26H,19-20H2,1-5H3;1-2H3/t26-;/m1./s1. The number of aryl methyl sites for hydroxylation is 1. The molecule has 3 rings (SSSR count). The third-order valence-corrected chi connectivity index (χ3v) is 5.76. The molecule has 0 aliphatic heterocycles. The average Bonchev–Trinajstić information content (AvgIpc) is 2.84. The van der Waals surface area contributed by atoms with Crippen molar-refractivity contribution in [3.05, 3.63) is 101 Å². The number of rotatable bonds is 9. The summed E-state index contributed by atoms with van der Waals surface area (Å²) >= 11 is 0. The van der Waals surface area contributed by atoms with Gasteiger partial charge in [-0.05, 0) is 51.8 Å². The van der Waals surface area contributed by atoms with E-state index in [1.807, 2.05) is 61.2 Å². The molecule has 0 aromatic heterocycles. The van der Waals surface area contributed by atoms with Gasteiger partial charge in [0.05, 0.1) is 0 Å². The molecule has 0 bridgehead atoms. The number of nitrogens with zero attached hydrogens (tertiary/aromatic N) is 1. The van der Waals surface area contributed by atoms with E-state index in [1.165, 1.54) is 0 Å². The number of carbonyl (C=O) groups is 1. The van der Waals surface area contributed by atoms with Crippen LogP contribution in [0.3, 0.4) is 0 Å². The van der Waals surface area contributed by atoms with Gasteiger partial charge in [-0.2, -0.15) is 0 Å². The quantitative estimate of drug-likeness (QED) is 0.327. The molecule has 0 aliphatic carbocycles. The minimum Gasteiger partial charge on any atom is -0.489 e. The molecule has 0 N–H and O–H groups in total. The first-order valence-corrected chi connectivity index (χ1v) is 12.5. The van der Waals surface area contributed by atoms with Crippen LogP contribution in [0.25, 0.3) is 0 Å². The van der Waals surface area contributed by atoms with Gasteiger partial charge in [0.25, 0.3) is 0 Å². The summed E-state index contributed by atoms with van der Waals surface area (Å²) in [6.45, 7) is 14.9. The van der Waals surface area contributed by atoms with Crippen molar-refractivity contribution in [2.24, 2.45) is 0 Å². The first-order chi connectivity index (χ1) is 16.4. The maximum Gasteiger partial charge on any atom is 0.223 e. The van der Waals surface area contributed by atoms with Crippen molar-refractivity contribution in [3.63, 3.8) is 0 Å². The van der Waals surface area contributed by atoms with E-state index in [0.717, 1.165) is 28.0 Å². The van der Waals surface area contributed by atoms with Crippen molar-refractivity contribution in [1.29, 1.82) is 0 Å². The van der Waals surface area contributed by atoms with Crippen LogP contribution in [0.5, 0.6) is 5.75 Å². The second kappa shape index (κ2) is 13.6. The minimum atomic E-state index is -0.0747. The predicted octanol–water partition coefficient (Wildman–Crippen LogP) is 7.77. The normalized spacial score (nSPS) is 11.6. The average molecular weight is 460 g/mol. The third kappa shape index (κ3) is 7.48. The molecule has 0 spiro atoms. The van der Waals surface area contributed by atoms with Crippen LogP contribution < -0.4 is 4.74 Å². The zero-order valence-corrected chi connectivity index (χ0v) is 21.9. The highest BCUT2D eigenvalue weighted by molar-refractivity contribution is 5.78. The highest BCUT2D eigenvalue weighted by atomic mass is 16.5. The monoisotopic (exact) mass is 459 g/mol. The number of carbonyl (C=O) groups excluding carboxylic acids is 1. The molecular weight excluding hydrogens is 418 g/mol. The summed E-state index contributed by atoms with van der Waals surface area (Å²) < 4.78 is 6.29. The Kier molecular flexibility index (Phi) is 10.9. The van der Waals surface area contributed by atoms with Crippen LogP contribution in [0.15, 0.2) is 78.9 Å². The van der Waals surface area contributed by atoms with Gasteiger partial charge in [-0.25, -0.2) is 0 Å². The van der Waals surface area contributed by atoms with Gasteiger partial charge in [0.15, 0.2) is 0 Å². The molecule has 3 heteroatoms. The Labute approximate surface area is 206 Å².